The molecule has 2 nitrogen and oxygen atoms in total. The van der Waals surface area contributed by atoms with E-state index in [0.717, 1.165) is 13.0 Å². The Kier molecular flexibility index (Phi) is 4.09. The molecule has 2 unspecified atom stereocenters. The van der Waals surface area contributed by atoms with E-state index in [2.05, 4.69) is 30.4 Å². The summed E-state index contributed by atoms with van der Waals surface area (Å²) in [7, 11) is 0. The molecule has 1 heterocycles. The van der Waals surface area contributed by atoms with Gasteiger partial charge in [0.1, 0.15) is 6.04 Å². The molecule has 0 amide bonds. The Balaban J connectivity index is 1.95. The van der Waals surface area contributed by atoms with Gasteiger partial charge < -0.3 is 0 Å². The predicted molar refractivity (Wildman–Crippen MR) is 72.8 cm³/mol. The highest BCUT2D eigenvalue weighted by atomic mass is 32.2. The van der Waals surface area contributed by atoms with Crippen molar-refractivity contribution in [3.8, 4) is 6.07 Å². The van der Waals surface area contributed by atoms with Crippen molar-refractivity contribution < 1.29 is 0 Å². The summed E-state index contributed by atoms with van der Waals surface area (Å²) in [6.45, 7) is 2.98. The zero-order chi connectivity index (χ0) is 12.1. The highest BCUT2D eigenvalue weighted by Gasteiger charge is 2.37. The second-order valence-electron chi connectivity index (χ2n) is 4.69. The number of nitrogens with zero attached hydrogens (tertiary/aromatic N) is 1. The van der Waals surface area contributed by atoms with Gasteiger partial charge in [0.15, 0.2) is 0 Å². The van der Waals surface area contributed by atoms with Crippen LogP contribution in [0.5, 0.6) is 0 Å². The standard InChI is InChI=1S/C14H18N2S/c1-14(8-5-9-17-14)13(10-15)16-11-12-6-3-2-4-7-12/h2-4,6-7,13,16H,5,8-9,11H2,1H3. The summed E-state index contributed by atoms with van der Waals surface area (Å²) in [4.78, 5) is 0. The molecule has 1 N–H and O–H groups in total. The van der Waals surface area contributed by atoms with Crippen molar-refractivity contribution in [1.29, 1.82) is 5.26 Å². The number of hydrogen-bond acceptors (Lipinski definition) is 3. The molecule has 17 heavy (non-hydrogen) atoms. The lowest BCUT2D eigenvalue weighted by molar-refractivity contribution is 0.467. The summed E-state index contributed by atoms with van der Waals surface area (Å²) in [6, 6.07) is 12.6. The minimum absolute atomic E-state index is 0.0600. The van der Waals surface area contributed by atoms with Crippen LogP contribution in [0.25, 0.3) is 0 Å². The van der Waals surface area contributed by atoms with Gasteiger partial charge in [-0.1, -0.05) is 30.3 Å². The maximum Gasteiger partial charge on any atom is 0.110 e. The molecule has 1 aliphatic rings. The maximum absolute atomic E-state index is 9.30. The van der Waals surface area contributed by atoms with Crippen LogP contribution in [-0.2, 0) is 6.54 Å². The second kappa shape index (κ2) is 5.57. The largest absolute Gasteiger partial charge is 0.297 e. The van der Waals surface area contributed by atoms with Gasteiger partial charge in [0, 0.05) is 11.3 Å². The number of hydrogen-bond donors (Lipinski definition) is 1. The Morgan fingerprint density at radius 3 is 2.82 bits per heavy atom. The molecule has 1 aromatic carbocycles. The molecule has 90 valence electrons. The van der Waals surface area contributed by atoms with Crippen LogP contribution in [0.3, 0.4) is 0 Å². The van der Waals surface area contributed by atoms with Crippen molar-refractivity contribution >= 4 is 11.8 Å². The third kappa shape index (κ3) is 3.02. The molecule has 1 fully saturated rings. The first-order valence-electron chi connectivity index (χ1n) is 6.05. The van der Waals surface area contributed by atoms with Crippen molar-refractivity contribution in [2.75, 3.05) is 5.75 Å². The van der Waals surface area contributed by atoms with Gasteiger partial charge in [-0.15, -0.1) is 0 Å². The van der Waals surface area contributed by atoms with Gasteiger partial charge in [0.2, 0.25) is 0 Å². The molecule has 0 bridgehead atoms. The highest BCUT2D eigenvalue weighted by molar-refractivity contribution is 8.00. The van der Waals surface area contributed by atoms with E-state index in [9.17, 15) is 5.26 Å². The Morgan fingerprint density at radius 1 is 1.47 bits per heavy atom. The summed E-state index contributed by atoms with van der Waals surface area (Å²) in [6.07, 6.45) is 2.37. The number of nitriles is 1. The maximum atomic E-state index is 9.30. The first-order chi connectivity index (χ1) is 8.24. The molecule has 2 atom stereocenters. The van der Waals surface area contributed by atoms with Crippen LogP contribution in [0, 0.1) is 11.3 Å². The van der Waals surface area contributed by atoms with Gasteiger partial charge in [-0.25, -0.2) is 0 Å². The normalized spacial score (nSPS) is 25.4. The van der Waals surface area contributed by atoms with E-state index in [4.69, 9.17) is 0 Å². The molecule has 1 saturated heterocycles. The van der Waals surface area contributed by atoms with Crippen LogP contribution in [0.2, 0.25) is 0 Å². The molecule has 1 aromatic rings. The Bertz CT molecular complexity index is 390. The van der Waals surface area contributed by atoms with Gasteiger partial charge in [-0.2, -0.15) is 17.0 Å². The van der Waals surface area contributed by atoms with Crippen LogP contribution in [-0.4, -0.2) is 16.5 Å². The predicted octanol–water partition coefficient (Wildman–Crippen LogP) is 2.95. The number of rotatable bonds is 4. The number of thioether (sulfide) groups is 1. The molecule has 0 aromatic heterocycles. The molecule has 1 aliphatic heterocycles. The number of nitrogens with one attached hydrogen (secondary N) is 1. The molecule has 2 rings (SSSR count). The topological polar surface area (TPSA) is 35.8 Å². The Morgan fingerprint density at radius 2 is 2.24 bits per heavy atom. The smallest absolute Gasteiger partial charge is 0.110 e. The minimum Gasteiger partial charge on any atom is -0.297 e. The van der Waals surface area contributed by atoms with Crippen molar-refractivity contribution in [3.63, 3.8) is 0 Å². The van der Waals surface area contributed by atoms with Gasteiger partial charge in [0.05, 0.1) is 6.07 Å². The SMILES string of the molecule is CC1(C(C#N)NCc2ccccc2)CCCS1. The van der Waals surface area contributed by atoms with Crippen LogP contribution < -0.4 is 5.32 Å². The molecular formula is C14H18N2S. The molecule has 3 heteroatoms. The van der Waals surface area contributed by atoms with Gasteiger partial charge >= 0.3 is 0 Å². The summed E-state index contributed by atoms with van der Waals surface area (Å²) in [5, 5.41) is 12.7. The number of benzene rings is 1. The second-order valence-corrected chi connectivity index (χ2v) is 6.32. The zero-order valence-electron chi connectivity index (χ0n) is 10.1. The highest BCUT2D eigenvalue weighted by Crippen LogP contribution is 2.40. The van der Waals surface area contributed by atoms with E-state index in [0.29, 0.717) is 0 Å². The summed E-state index contributed by atoms with van der Waals surface area (Å²) in [5.74, 6) is 1.18. The summed E-state index contributed by atoms with van der Waals surface area (Å²) < 4.78 is 0.0868. The van der Waals surface area contributed by atoms with E-state index in [1.165, 1.54) is 17.7 Å². The van der Waals surface area contributed by atoms with Crippen molar-refractivity contribution in [2.24, 2.45) is 0 Å². The van der Waals surface area contributed by atoms with Crippen LogP contribution in [0.4, 0.5) is 0 Å². The van der Waals surface area contributed by atoms with Gasteiger partial charge in [-0.05, 0) is 31.1 Å². The van der Waals surface area contributed by atoms with E-state index in [-0.39, 0.29) is 10.8 Å². The fraction of sp³-hybridized carbons (Fsp3) is 0.500. The quantitative estimate of drug-likeness (QED) is 0.887. The monoisotopic (exact) mass is 246 g/mol. The third-order valence-corrected chi connectivity index (χ3v) is 4.93. The fourth-order valence-electron chi connectivity index (χ4n) is 2.24. The van der Waals surface area contributed by atoms with Crippen molar-refractivity contribution in [2.45, 2.75) is 37.1 Å². The van der Waals surface area contributed by atoms with E-state index >= 15 is 0 Å². The summed E-state index contributed by atoms with van der Waals surface area (Å²) >= 11 is 1.93. The Hall–Kier alpha value is -0.980. The molecular weight excluding hydrogens is 228 g/mol. The minimum atomic E-state index is -0.0600. The lowest BCUT2D eigenvalue weighted by Gasteiger charge is -2.28. The molecule has 0 radical (unpaired) electrons. The van der Waals surface area contributed by atoms with E-state index in [1.807, 2.05) is 30.0 Å². The average molecular weight is 246 g/mol. The van der Waals surface area contributed by atoms with Crippen molar-refractivity contribution in [3.05, 3.63) is 35.9 Å². The van der Waals surface area contributed by atoms with Crippen molar-refractivity contribution in [1.82, 2.24) is 5.32 Å². The summed E-state index contributed by atoms with van der Waals surface area (Å²) in [5.41, 5.74) is 1.24. The molecule has 0 aliphatic carbocycles. The first-order valence-corrected chi connectivity index (χ1v) is 7.04. The van der Waals surface area contributed by atoms with Crippen LogP contribution in [0.15, 0.2) is 30.3 Å². The van der Waals surface area contributed by atoms with Crippen LogP contribution >= 0.6 is 11.8 Å². The fourth-order valence-corrected chi connectivity index (χ4v) is 3.59. The first kappa shape index (κ1) is 12.5. The van der Waals surface area contributed by atoms with Gasteiger partial charge in [-0.3, -0.25) is 5.32 Å². The van der Waals surface area contributed by atoms with E-state index < -0.39 is 0 Å². The zero-order valence-corrected chi connectivity index (χ0v) is 11.0. The Labute approximate surface area is 107 Å². The van der Waals surface area contributed by atoms with Crippen LogP contribution in [0.1, 0.15) is 25.3 Å². The molecule has 0 saturated carbocycles. The average Bonchev–Trinajstić information content (AvgIpc) is 2.79. The lowest BCUT2D eigenvalue weighted by atomic mass is 9.97. The van der Waals surface area contributed by atoms with Gasteiger partial charge in [0.25, 0.3) is 0 Å². The third-order valence-electron chi connectivity index (χ3n) is 3.34. The lowest BCUT2D eigenvalue weighted by Crippen LogP contribution is -2.43. The molecule has 0 spiro atoms. The van der Waals surface area contributed by atoms with E-state index in [1.54, 1.807) is 0 Å².